The summed E-state index contributed by atoms with van der Waals surface area (Å²) in [6.45, 7) is 3.40. The van der Waals surface area contributed by atoms with Gasteiger partial charge in [0.15, 0.2) is 0 Å². The minimum atomic E-state index is -4.51. The Kier molecular flexibility index (Phi) is 22.7. The minimum absolute atomic E-state index is 0.0571. The molecule has 0 aliphatic rings. The topological polar surface area (TPSA) is 118 Å². The molecule has 0 amide bonds. The first kappa shape index (κ1) is 34.8. The quantitative estimate of drug-likeness (QED) is 0.0813. The van der Waals surface area contributed by atoms with E-state index >= 15 is 0 Å². The molecule has 212 valence electrons. The van der Waals surface area contributed by atoms with Crippen LogP contribution in [0.4, 0.5) is 0 Å². The van der Waals surface area contributed by atoms with Crippen molar-refractivity contribution in [2.45, 2.75) is 129 Å². The molecule has 3 N–H and O–H groups in total. The van der Waals surface area contributed by atoms with Gasteiger partial charge in [0.2, 0.25) is 0 Å². The number of nitrogens with zero attached hydrogens (tertiary/aromatic N) is 1. The second kappa shape index (κ2) is 22.9. The van der Waals surface area contributed by atoms with Crippen LogP contribution in [0.3, 0.4) is 0 Å². The van der Waals surface area contributed by atoms with Gasteiger partial charge in [-0.1, -0.05) is 110 Å². The monoisotopic (exact) mass is 523 g/mol. The van der Waals surface area contributed by atoms with Crippen LogP contribution in [0, 0.1) is 0 Å². The van der Waals surface area contributed by atoms with E-state index in [1.807, 2.05) is 0 Å². The van der Waals surface area contributed by atoms with Gasteiger partial charge >= 0.3 is 0 Å². The summed E-state index contributed by atoms with van der Waals surface area (Å²) in [5.41, 5.74) is 0. The van der Waals surface area contributed by atoms with Crippen LogP contribution in [0.2, 0.25) is 0 Å². The lowest BCUT2D eigenvalue weighted by Crippen LogP contribution is -2.56. The highest BCUT2D eigenvalue weighted by atomic mass is 32.2. The van der Waals surface area contributed by atoms with Crippen LogP contribution in [0.5, 0.6) is 0 Å². The van der Waals surface area contributed by atoms with Crippen molar-refractivity contribution < 1.29 is 32.8 Å². The molecule has 1 unspecified atom stereocenters. The first-order valence-electron chi connectivity index (χ1n) is 14.5. The minimum Gasteiger partial charge on any atom is -0.748 e. The van der Waals surface area contributed by atoms with E-state index in [0.29, 0.717) is 19.6 Å². The van der Waals surface area contributed by atoms with E-state index in [-0.39, 0.29) is 24.2 Å². The van der Waals surface area contributed by atoms with E-state index in [2.05, 4.69) is 6.92 Å². The zero-order chi connectivity index (χ0) is 26.3. The van der Waals surface area contributed by atoms with E-state index in [0.717, 1.165) is 19.3 Å². The van der Waals surface area contributed by atoms with Crippen molar-refractivity contribution in [1.82, 2.24) is 0 Å². The molecule has 1 atom stereocenters. The number of quaternary nitrogens is 1. The van der Waals surface area contributed by atoms with Crippen molar-refractivity contribution in [2.75, 3.05) is 45.1 Å². The molecule has 8 heteroatoms. The van der Waals surface area contributed by atoms with Gasteiger partial charge in [0.25, 0.3) is 0 Å². The first-order chi connectivity index (χ1) is 16.8. The summed E-state index contributed by atoms with van der Waals surface area (Å²) in [5.74, 6) is -0.830. The molecule has 0 fully saturated rings. The Balaban J connectivity index is 3.82. The standard InChI is InChI=1S/C27H57NO6S/c1-2-3-4-5-6-7-8-9-10-11-12-13-14-15-16-17-18-19-20-28(21-23-29,22-24-30)25-27(31)26-35(32,33)34/h27,29-31H,2-26H2,1H3. The van der Waals surface area contributed by atoms with E-state index in [4.69, 9.17) is 0 Å². The molecule has 0 aromatic heterocycles. The van der Waals surface area contributed by atoms with Gasteiger partial charge in [0.1, 0.15) is 25.7 Å². The van der Waals surface area contributed by atoms with Gasteiger partial charge < -0.3 is 24.4 Å². The third kappa shape index (κ3) is 22.7. The SMILES string of the molecule is CCCCCCCCCCCCCCCCCCCC[N+](CCO)(CCO)CC(O)CS(=O)(=O)[O-]. The summed E-state index contributed by atoms with van der Waals surface area (Å²) in [5, 5.41) is 29.0. The average Bonchev–Trinajstić information content (AvgIpc) is 2.77. The van der Waals surface area contributed by atoms with E-state index in [1.165, 1.54) is 96.3 Å². The van der Waals surface area contributed by atoms with Crippen molar-refractivity contribution in [2.24, 2.45) is 0 Å². The molecule has 0 spiro atoms. The Hall–Kier alpha value is -0.250. The fraction of sp³-hybridized carbons (Fsp3) is 1.00. The molecule has 0 rings (SSSR count). The smallest absolute Gasteiger partial charge is 0.116 e. The van der Waals surface area contributed by atoms with Crippen LogP contribution in [0.1, 0.15) is 122 Å². The Morgan fingerprint density at radius 1 is 0.629 bits per heavy atom. The summed E-state index contributed by atoms with van der Waals surface area (Å²) in [4.78, 5) is 0. The lowest BCUT2D eigenvalue weighted by atomic mass is 10.0. The second-order valence-corrected chi connectivity index (χ2v) is 12.0. The van der Waals surface area contributed by atoms with Crippen molar-refractivity contribution in [3.8, 4) is 0 Å². The molecular formula is C27H57NO6S. The van der Waals surface area contributed by atoms with Crippen LogP contribution in [-0.4, -0.2) is 84.0 Å². The predicted octanol–water partition coefficient (Wildman–Crippen LogP) is 4.74. The van der Waals surface area contributed by atoms with Crippen LogP contribution >= 0.6 is 0 Å². The molecule has 0 heterocycles. The van der Waals surface area contributed by atoms with Crippen LogP contribution in [0.15, 0.2) is 0 Å². The molecule has 35 heavy (non-hydrogen) atoms. The molecule has 0 aromatic rings. The van der Waals surface area contributed by atoms with Crippen LogP contribution in [-0.2, 0) is 10.1 Å². The molecule has 0 aromatic carbocycles. The molecule has 7 nitrogen and oxygen atoms in total. The molecule has 0 aliphatic heterocycles. The zero-order valence-corrected chi connectivity index (χ0v) is 23.5. The maximum atomic E-state index is 11.0. The van der Waals surface area contributed by atoms with Gasteiger partial charge in [-0.05, 0) is 12.8 Å². The lowest BCUT2D eigenvalue weighted by Gasteiger charge is -2.39. The van der Waals surface area contributed by atoms with Gasteiger partial charge in [0, 0.05) is 0 Å². The molecule has 0 radical (unpaired) electrons. The summed E-state index contributed by atoms with van der Waals surface area (Å²) in [6.07, 6.45) is 22.1. The molecule has 0 aliphatic carbocycles. The van der Waals surface area contributed by atoms with Crippen molar-refractivity contribution in [3.05, 3.63) is 0 Å². The maximum Gasteiger partial charge on any atom is 0.116 e. The molecule has 0 bridgehead atoms. The van der Waals surface area contributed by atoms with Gasteiger partial charge in [-0.25, -0.2) is 8.42 Å². The first-order valence-corrected chi connectivity index (χ1v) is 16.0. The summed E-state index contributed by atoms with van der Waals surface area (Å²) < 4.78 is 33.1. The lowest BCUT2D eigenvalue weighted by molar-refractivity contribution is -0.931. The number of hydrogen-bond donors (Lipinski definition) is 3. The van der Waals surface area contributed by atoms with Crippen molar-refractivity contribution >= 4 is 10.1 Å². The Bertz CT molecular complexity index is 552. The third-order valence-corrected chi connectivity index (χ3v) is 7.92. The zero-order valence-electron chi connectivity index (χ0n) is 22.7. The maximum absolute atomic E-state index is 11.0. The molecular weight excluding hydrogens is 466 g/mol. The fourth-order valence-corrected chi connectivity index (χ4v) is 5.69. The number of unbranched alkanes of at least 4 members (excludes halogenated alkanes) is 17. The van der Waals surface area contributed by atoms with E-state index < -0.39 is 22.0 Å². The van der Waals surface area contributed by atoms with Crippen molar-refractivity contribution in [1.29, 1.82) is 0 Å². The number of rotatable bonds is 27. The third-order valence-electron chi connectivity index (χ3n) is 7.13. The molecule has 0 saturated heterocycles. The van der Waals surface area contributed by atoms with Gasteiger partial charge in [-0.3, -0.25) is 0 Å². The largest absolute Gasteiger partial charge is 0.748 e. The Morgan fingerprint density at radius 3 is 1.29 bits per heavy atom. The number of hydrogen-bond acceptors (Lipinski definition) is 6. The van der Waals surface area contributed by atoms with Crippen LogP contribution < -0.4 is 0 Å². The highest BCUT2D eigenvalue weighted by Gasteiger charge is 2.30. The van der Waals surface area contributed by atoms with Crippen molar-refractivity contribution in [3.63, 3.8) is 0 Å². The van der Waals surface area contributed by atoms with Gasteiger partial charge in [-0.15, -0.1) is 0 Å². The van der Waals surface area contributed by atoms with Crippen LogP contribution in [0.25, 0.3) is 0 Å². The summed E-state index contributed by atoms with van der Waals surface area (Å²) in [6, 6.07) is 0. The number of aliphatic hydroxyl groups excluding tert-OH is 3. The second-order valence-electron chi connectivity index (χ2n) is 10.5. The van der Waals surface area contributed by atoms with Gasteiger partial charge in [0.05, 0.1) is 35.6 Å². The van der Waals surface area contributed by atoms with E-state index in [9.17, 15) is 28.3 Å². The normalized spacial score (nSPS) is 13.4. The summed E-state index contributed by atoms with van der Waals surface area (Å²) >= 11 is 0. The average molecular weight is 524 g/mol. The highest BCUT2D eigenvalue weighted by molar-refractivity contribution is 7.85. The predicted molar refractivity (Wildman–Crippen MR) is 143 cm³/mol. The number of aliphatic hydroxyl groups is 3. The fourth-order valence-electron chi connectivity index (χ4n) is 5.12. The Labute approximate surface area is 216 Å². The summed E-state index contributed by atoms with van der Waals surface area (Å²) in [7, 11) is -4.51. The van der Waals surface area contributed by atoms with E-state index in [1.54, 1.807) is 0 Å². The highest BCUT2D eigenvalue weighted by Crippen LogP contribution is 2.16. The molecule has 0 saturated carbocycles. The van der Waals surface area contributed by atoms with Gasteiger partial charge in [-0.2, -0.15) is 0 Å². The Morgan fingerprint density at radius 2 is 0.971 bits per heavy atom.